The standard InChI is InChI=1S/C19H19Cl3NO6P/c1-4-26-30(25,27-5-2)19(23-29-12(3)24)28-16-11-10-15(21)18(22)17(16)13-6-8-14(20)9-7-13/h6-11H,4-5H2,1-3H3. The second kappa shape index (κ2) is 11.1. The molecule has 0 atom stereocenters. The SMILES string of the molecule is CCOP(=O)(OCC)C(=NOC(C)=O)Oc1ccc(Cl)c(Cl)c1-c1ccc(Cl)cc1. The minimum absolute atomic E-state index is 0.0329. The molecule has 162 valence electrons. The van der Waals surface area contributed by atoms with Crippen molar-refractivity contribution in [2.45, 2.75) is 20.8 Å². The van der Waals surface area contributed by atoms with Crippen molar-refractivity contribution in [3.05, 3.63) is 51.5 Å². The van der Waals surface area contributed by atoms with Crippen LogP contribution in [0.4, 0.5) is 0 Å². The number of ether oxygens (including phenoxy) is 1. The maximum absolute atomic E-state index is 13.2. The van der Waals surface area contributed by atoms with Gasteiger partial charge in [0.25, 0.3) is 0 Å². The van der Waals surface area contributed by atoms with Crippen molar-refractivity contribution < 1.29 is 28.0 Å². The summed E-state index contributed by atoms with van der Waals surface area (Å²) < 4.78 is 29.5. The quantitative estimate of drug-likeness (QED) is 0.132. The van der Waals surface area contributed by atoms with Gasteiger partial charge in [0.15, 0.2) is 0 Å². The second-order valence-electron chi connectivity index (χ2n) is 5.63. The largest absolute Gasteiger partial charge is 0.430 e. The highest BCUT2D eigenvalue weighted by molar-refractivity contribution is 7.71. The molecule has 0 aliphatic heterocycles. The van der Waals surface area contributed by atoms with E-state index in [1.807, 2.05) is 0 Å². The van der Waals surface area contributed by atoms with Crippen molar-refractivity contribution in [2.75, 3.05) is 13.2 Å². The van der Waals surface area contributed by atoms with Gasteiger partial charge in [-0.05, 0) is 48.8 Å². The van der Waals surface area contributed by atoms with Gasteiger partial charge in [-0.15, -0.1) is 0 Å². The minimum Gasteiger partial charge on any atom is -0.430 e. The molecule has 0 aromatic heterocycles. The van der Waals surface area contributed by atoms with Gasteiger partial charge in [0.2, 0.25) is 0 Å². The predicted molar refractivity (Wildman–Crippen MR) is 118 cm³/mol. The first-order valence-electron chi connectivity index (χ1n) is 8.78. The van der Waals surface area contributed by atoms with E-state index in [9.17, 15) is 9.36 Å². The number of halogens is 3. The van der Waals surface area contributed by atoms with Crippen LogP contribution in [0.5, 0.6) is 5.75 Å². The molecule has 30 heavy (non-hydrogen) atoms. The summed E-state index contributed by atoms with van der Waals surface area (Å²) in [4.78, 5) is 15.9. The highest BCUT2D eigenvalue weighted by Gasteiger charge is 2.36. The summed E-state index contributed by atoms with van der Waals surface area (Å²) in [6.07, 6.45) is 0. The lowest BCUT2D eigenvalue weighted by molar-refractivity contribution is -0.141. The lowest BCUT2D eigenvalue weighted by Gasteiger charge is -2.20. The fourth-order valence-corrected chi connectivity index (χ4v) is 4.19. The number of carbonyl (C=O) groups is 1. The van der Waals surface area contributed by atoms with Gasteiger partial charge in [0.05, 0.1) is 23.3 Å². The summed E-state index contributed by atoms with van der Waals surface area (Å²) in [5.74, 6) is -0.611. The van der Waals surface area contributed by atoms with E-state index < -0.39 is 19.2 Å². The smallest absolute Gasteiger partial charge is 0.419 e. The first kappa shape index (κ1) is 24.7. The monoisotopic (exact) mass is 493 g/mol. The van der Waals surface area contributed by atoms with Crippen LogP contribution in [0.2, 0.25) is 15.1 Å². The van der Waals surface area contributed by atoms with Crippen molar-refractivity contribution in [3.8, 4) is 16.9 Å². The minimum atomic E-state index is -4.04. The summed E-state index contributed by atoms with van der Waals surface area (Å²) in [6.45, 7) is 4.43. The van der Waals surface area contributed by atoms with E-state index in [4.69, 9.17) is 48.6 Å². The van der Waals surface area contributed by atoms with Gasteiger partial charge in [-0.3, -0.25) is 0 Å². The molecule has 0 fully saturated rings. The summed E-state index contributed by atoms with van der Waals surface area (Å²) in [7, 11) is -4.04. The van der Waals surface area contributed by atoms with Crippen molar-refractivity contribution in [1.82, 2.24) is 0 Å². The number of nitrogens with zero attached hydrogens (tertiary/aromatic N) is 1. The maximum atomic E-state index is 13.2. The fraction of sp³-hybridized carbons (Fsp3) is 0.263. The average Bonchev–Trinajstić information content (AvgIpc) is 2.69. The Hall–Kier alpha value is -1.60. The van der Waals surface area contributed by atoms with Crippen LogP contribution in [0.1, 0.15) is 20.8 Å². The molecule has 11 heteroatoms. The molecule has 0 saturated carbocycles. The molecule has 0 heterocycles. The first-order valence-corrected chi connectivity index (χ1v) is 11.5. The number of hydrogen-bond donors (Lipinski definition) is 0. The van der Waals surface area contributed by atoms with E-state index in [1.165, 1.54) is 12.1 Å². The Balaban J connectivity index is 2.61. The number of hydrogen-bond acceptors (Lipinski definition) is 7. The summed E-state index contributed by atoms with van der Waals surface area (Å²) in [5.41, 5.74) is 0.447. The molecule has 2 aromatic rings. The van der Waals surface area contributed by atoms with Crippen molar-refractivity contribution in [2.24, 2.45) is 5.16 Å². The molecule has 0 aliphatic carbocycles. The van der Waals surface area contributed by atoms with Gasteiger partial charge < -0.3 is 18.6 Å². The van der Waals surface area contributed by atoms with Crippen LogP contribution < -0.4 is 4.74 Å². The highest BCUT2D eigenvalue weighted by atomic mass is 35.5. The number of benzene rings is 2. The lowest BCUT2D eigenvalue weighted by atomic mass is 10.0. The van der Waals surface area contributed by atoms with Crippen LogP contribution in [0.15, 0.2) is 41.6 Å². The van der Waals surface area contributed by atoms with Gasteiger partial charge in [0, 0.05) is 17.5 Å². The number of rotatable bonds is 8. The predicted octanol–water partition coefficient (Wildman–Crippen LogP) is 6.79. The van der Waals surface area contributed by atoms with Crippen molar-refractivity contribution in [1.29, 1.82) is 0 Å². The van der Waals surface area contributed by atoms with E-state index in [0.29, 0.717) is 16.1 Å². The molecule has 0 spiro atoms. The van der Waals surface area contributed by atoms with Gasteiger partial charge in [-0.25, -0.2) is 9.36 Å². The van der Waals surface area contributed by atoms with E-state index in [1.54, 1.807) is 38.1 Å². The van der Waals surface area contributed by atoms with Crippen LogP contribution >= 0.6 is 42.4 Å². The normalized spacial score (nSPS) is 12.0. The molecule has 0 N–H and O–H groups in total. The molecule has 2 rings (SSSR count). The summed E-state index contributed by atoms with van der Waals surface area (Å²) in [6, 6.07) is 9.74. The Labute approximate surface area is 189 Å². The molecule has 0 unspecified atom stereocenters. The molecule has 0 bridgehead atoms. The molecule has 0 aliphatic rings. The van der Waals surface area contributed by atoms with E-state index in [0.717, 1.165) is 6.92 Å². The van der Waals surface area contributed by atoms with E-state index in [2.05, 4.69) is 9.99 Å². The Kier molecular flexibility index (Phi) is 9.16. The van der Waals surface area contributed by atoms with Gasteiger partial charge in [0.1, 0.15) is 5.75 Å². The number of oxime groups is 1. The summed E-state index contributed by atoms with van der Waals surface area (Å²) >= 11 is 18.6. The molecule has 0 amide bonds. The van der Waals surface area contributed by atoms with Crippen LogP contribution in [0.3, 0.4) is 0 Å². The zero-order valence-electron chi connectivity index (χ0n) is 16.4. The van der Waals surface area contributed by atoms with E-state index >= 15 is 0 Å². The third kappa shape index (κ3) is 6.20. The average molecular weight is 495 g/mol. The first-order chi connectivity index (χ1) is 14.2. The zero-order valence-corrected chi connectivity index (χ0v) is 19.5. The Bertz CT molecular complexity index is 971. The van der Waals surface area contributed by atoms with Gasteiger partial charge in [-0.2, -0.15) is 0 Å². The van der Waals surface area contributed by atoms with Crippen LogP contribution in [-0.2, 0) is 23.2 Å². The fourth-order valence-electron chi connectivity index (χ4n) is 2.32. The lowest BCUT2D eigenvalue weighted by Crippen LogP contribution is -2.16. The Morgan fingerprint density at radius 2 is 1.60 bits per heavy atom. The molecular formula is C19H19Cl3NO6P. The Morgan fingerprint density at radius 1 is 1.00 bits per heavy atom. The van der Waals surface area contributed by atoms with Crippen LogP contribution in [0, 0.1) is 0 Å². The van der Waals surface area contributed by atoms with Crippen molar-refractivity contribution >= 4 is 54.0 Å². The molecular weight excluding hydrogens is 476 g/mol. The van der Waals surface area contributed by atoms with Gasteiger partial charge in [-0.1, -0.05) is 46.9 Å². The van der Waals surface area contributed by atoms with Crippen LogP contribution in [-0.4, -0.2) is 24.8 Å². The van der Waals surface area contributed by atoms with E-state index in [-0.39, 0.29) is 29.0 Å². The van der Waals surface area contributed by atoms with Crippen LogP contribution in [0.25, 0.3) is 11.1 Å². The number of carbonyl (C=O) groups excluding carboxylic acids is 1. The molecule has 7 nitrogen and oxygen atoms in total. The van der Waals surface area contributed by atoms with Gasteiger partial charge >= 0.3 is 19.2 Å². The molecule has 0 radical (unpaired) electrons. The highest BCUT2D eigenvalue weighted by Crippen LogP contribution is 2.51. The van der Waals surface area contributed by atoms with Crippen molar-refractivity contribution in [3.63, 3.8) is 0 Å². The second-order valence-corrected chi connectivity index (χ2v) is 8.75. The summed E-state index contributed by atoms with van der Waals surface area (Å²) in [5, 5.41) is 4.54. The Morgan fingerprint density at radius 3 is 2.13 bits per heavy atom. The third-order valence-corrected chi connectivity index (χ3v) is 6.37. The molecule has 0 saturated heterocycles. The molecule has 2 aromatic carbocycles. The third-order valence-electron chi connectivity index (χ3n) is 3.48. The zero-order chi connectivity index (χ0) is 22.3. The maximum Gasteiger partial charge on any atom is 0.419 e. The topological polar surface area (TPSA) is 83.4 Å².